The number of benzene rings is 2. The van der Waals surface area contributed by atoms with Crippen molar-refractivity contribution in [2.45, 2.75) is 26.3 Å². The van der Waals surface area contributed by atoms with Crippen molar-refractivity contribution in [3.8, 4) is 11.3 Å². The summed E-state index contributed by atoms with van der Waals surface area (Å²) in [6.07, 6.45) is 3.36. The van der Waals surface area contributed by atoms with Gasteiger partial charge in [0.05, 0.1) is 24.6 Å². The Kier molecular flexibility index (Phi) is 6.46. The lowest BCUT2D eigenvalue weighted by Gasteiger charge is -2.31. The van der Waals surface area contributed by atoms with Crippen LogP contribution in [0.1, 0.15) is 35.7 Å². The molecular weight excluding hydrogens is 390 g/mol. The summed E-state index contributed by atoms with van der Waals surface area (Å²) in [5.41, 5.74) is 3.24. The first-order chi connectivity index (χ1) is 15.2. The molecule has 0 aliphatic carbocycles. The predicted octanol–water partition coefficient (Wildman–Crippen LogP) is 4.01. The van der Waals surface area contributed by atoms with Crippen molar-refractivity contribution in [1.82, 2.24) is 14.7 Å². The molecule has 2 heterocycles. The molecule has 1 aromatic heterocycles. The van der Waals surface area contributed by atoms with Crippen LogP contribution in [0.3, 0.4) is 0 Å². The molecule has 1 unspecified atom stereocenters. The van der Waals surface area contributed by atoms with Gasteiger partial charge in [-0.05, 0) is 25.3 Å². The monoisotopic (exact) mass is 417 g/mol. The smallest absolute Gasteiger partial charge is 0.310 e. The summed E-state index contributed by atoms with van der Waals surface area (Å²) in [4.78, 5) is 27.5. The molecule has 1 amide bonds. The minimum Gasteiger partial charge on any atom is -0.466 e. The first kappa shape index (κ1) is 20.8. The van der Waals surface area contributed by atoms with Crippen LogP contribution < -0.4 is 0 Å². The Morgan fingerprint density at radius 3 is 2.48 bits per heavy atom. The van der Waals surface area contributed by atoms with E-state index in [-0.39, 0.29) is 17.8 Å². The number of amides is 1. The third-order valence-corrected chi connectivity index (χ3v) is 5.56. The maximum atomic E-state index is 13.5. The van der Waals surface area contributed by atoms with Gasteiger partial charge < -0.3 is 9.64 Å². The molecule has 0 saturated carbocycles. The SMILES string of the molecule is CCOC(=O)C1CCCN(C(=O)c2cn(Cc3ccccc3)nc2-c2ccccc2)C1. The van der Waals surface area contributed by atoms with Crippen LogP contribution in [-0.2, 0) is 16.1 Å². The lowest BCUT2D eigenvalue weighted by Crippen LogP contribution is -2.42. The van der Waals surface area contributed by atoms with Crippen LogP contribution >= 0.6 is 0 Å². The fourth-order valence-corrected chi connectivity index (χ4v) is 4.02. The first-order valence-corrected chi connectivity index (χ1v) is 10.8. The van der Waals surface area contributed by atoms with Crippen molar-refractivity contribution in [2.24, 2.45) is 5.92 Å². The van der Waals surface area contributed by atoms with E-state index in [9.17, 15) is 9.59 Å². The summed E-state index contributed by atoms with van der Waals surface area (Å²) in [6, 6.07) is 19.8. The van der Waals surface area contributed by atoms with E-state index in [1.165, 1.54) is 0 Å². The number of ether oxygens (including phenoxy) is 1. The van der Waals surface area contributed by atoms with E-state index >= 15 is 0 Å². The van der Waals surface area contributed by atoms with E-state index in [4.69, 9.17) is 9.84 Å². The Hall–Kier alpha value is -3.41. The highest BCUT2D eigenvalue weighted by atomic mass is 16.5. The topological polar surface area (TPSA) is 64.4 Å². The van der Waals surface area contributed by atoms with Gasteiger partial charge >= 0.3 is 5.97 Å². The summed E-state index contributed by atoms with van der Waals surface area (Å²) in [6.45, 7) is 3.76. The van der Waals surface area contributed by atoms with Gasteiger partial charge in [0.1, 0.15) is 5.69 Å². The maximum Gasteiger partial charge on any atom is 0.310 e. The number of esters is 1. The molecule has 1 aliphatic rings. The van der Waals surface area contributed by atoms with Gasteiger partial charge in [-0.1, -0.05) is 60.7 Å². The highest BCUT2D eigenvalue weighted by Crippen LogP contribution is 2.26. The normalized spacial score (nSPS) is 16.2. The Morgan fingerprint density at radius 1 is 1.06 bits per heavy atom. The molecule has 1 fully saturated rings. The molecule has 4 rings (SSSR count). The molecule has 0 N–H and O–H groups in total. The quantitative estimate of drug-likeness (QED) is 0.569. The third-order valence-electron chi connectivity index (χ3n) is 5.56. The summed E-state index contributed by atoms with van der Waals surface area (Å²) in [5.74, 6) is -0.576. The zero-order valence-electron chi connectivity index (χ0n) is 17.7. The Balaban J connectivity index is 1.62. The van der Waals surface area contributed by atoms with Gasteiger partial charge in [-0.15, -0.1) is 0 Å². The lowest BCUT2D eigenvalue weighted by atomic mass is 9.97. The Bertz CT molecular complexity index is 1030. The van der Waals surface area contributed by atoms with Gasteiger partial charge in [0, 0.05) is 24.8 Å². The van der Waals surface area contributed by atoms with Crippen molar-refractivity contribution in [3.63, 3.8) is 0 Å². The minimum absolute atomic E-state index is 0.0906. The number of carbonyl (C=O) groups excluding carboxylic acids is 2. The molecule has 0 radical (unpaired) electrons. The second-order valence-electron chi connectivity index (χ2n) is 7.78. The average molecular weight is 418 g/mol. The van der Waals surface area contributed by atoms with Gasteiger partial charge in [0.2, 0.25) is 0 Å². The van der Waals surface area contributed by atoms with Crippen LogP contribution in [0.25, 0.3) is 11.3 Å². The first-order valence-electron chi connectivity index (χ1n) is 10.8. The van der Waals surface area contributed by atoms with Crippen molar-refractivity contribution < 1.29 is 14.3 Å². The third kappa shape index (κ3) is 4.85. The molecule has 31 heavy (non-hydrogen) atoms. The number of carbonyl (C=O) groups is 2. The highest BCUT2D eigenvalue weighted by Gasteiger charge is 2.31. The fourth-order valence-electron chi connectivity index (χ4n) is 4.02. The molecule has 0 bridgehead atoms. The molecule has 6 nitrogen and oxygen atoms in total. The van der Waals surface area contributed by atoms with Crippen molar-refractivity contribution in [1.29, 1.82) is 0 Å². The number of hydrogen-bond acceptors (Lipinski definition) is 4. The largest absolute Gasteiger partial charge is 0.466 e. The maximum absolute atomic E-state index is 13.5. The average Bonchev–Trinajstić information content (AvgIpc) is 3.24. The molecule has 3 aromatic rings. The molecule has 0 spiro atoms. The molecule has 1 atom stereocenters. The van der Waals surface area contributed by atoms with Crippen LogP contribution in [0.15, 0.2) is 66.9 Å². The zero-order valence-corrected chi connectivity index (χ0v) is 17.7. The van der Waals surface area contributed by atoms with E-state index < -0.39 is 0 Å². The number of piperidine rings is 1. The molecule has 1 aliphatic heterocycles. The van der Waals surface area contributed by atoms with Crippen molar-refractivity contribution in [3.05, 3.63) is 78.0 Å². The molecular formula is C25H27N3O3. The standard InChI is InChI=1S/C25H27N3O3/c1-2-31-25(30)21-14-9-15-27(17-21)24(29)22-18-28(16-19-10-5-3-6-11-19)26-23(22)20-12-7-4-8-13-20/h3-8,10-13,18,21H,2,9,14-17H2,1H3. The van der Waals surface area contributed by atoms with E-state index in [0.29, 0.717) is 37.5 Å². The summed E-state index contributed by atoms with van der Waals surface area (Å²) >= 11 is 0. The summed E-state index contributed by atoms with van der Waals surface area (Å²) < 4.78 is 7.00. The van der Waals surface area contributed by atoms with E-state index in [2.05, 4.69) is 0 Å². The van der Waals surface area contributed by atoms with Crippen LogP contribution in [-0.4, -0.2) is 46.3 Å². The number of aromatic nitrogens is 2. The van der Waals surface area contributed by atoms with E-state index in [1.807, 2.05) is 71.5 Å². The number of nitrogens with zero attached hydrogens (tertiary/aromatic N) is 3. The van der Waals surface area contributed by atoms with Crippen molar-refractivity contribution >= 4 is 11.9 Å². The second kappa shape index (κ2) is 9.60. The van der Waals surface area contributed by atoms with E-state index in [0.717, 1.165) is 24.0 Å². The number of hydrogen-bond donors (Lipinski definition) is 0. The van der Waals surface area contributed by atoms with Crippen LogP contribution in [0, 0.1) is 5.92 Å². The number of likely N-dealkylation sites (tertiary alicyclic amines) is 1. The van der Waals surface area contributed by atoms with Gasteiger partial charge in [-0.3, -0.25) is 14.3 Å². The van der Waals surface area contributed by atoms with Crippen LogP contribution in [0.2, 0.25) is 0 Å². The van der Waals surface area contributed by atoms with E-state index in [1.54, 1.807) is 11.8 Å². The van der Waals surface area contributed by atoms with Gasteiger partial charge in [-0.2, -0.15) is 5.10 Å². The van der Waals surface area contributed by atoms with Crippen LogP contribution in [0.4, 0.5) is 0 Å². The minimum atomic E-state index is -0.266. The fraction of sp³-hybridized carbons (Fsp3) is 0.320. The Labute approximate surface area is 182 Å². The van der Waals surface area contributed by atoms with Crippen LogP contribution in [0.5, 0.6) is 0 Å². The summed E-state index contributed by atoms with van der Waals surface area (Å²) in [5, 5.41) is 4.75. The molecule has 1 saturated heterocycles. The molecule has 2 aromatic carbocycles. The highest BCUT2D eigenvalue weighted by molar-refractivity contribution is 6.00. The molecule has 6 heteroatoms. The van der Waals surface area contributed by atoms with Gasteiger partial charge in [0.25, 0.3) is 5.91 Å². The second-order valence-corrected chi connectivity index (χ2v) is 7.78. The van der Waals surface area contributed by atoms with Crippen molar-refractivity contribution in [2.75, 3.05) is 19.7 Å². The summed E-state index contributed by atoms with van der Waals surface area (Å²) in [7, 11) is 0. The van der Waals surface area contributed by atoms with Gasteiger partial charge in [-0.25, -0.2) is 0 Å². The number of rotatable bonds is 6. The Morgan fingerprint density at radius 2 is 1.77 bits per heavy atom. The predicted molar refractivity (Wildman–Crippen MR) is 118 cm³/mol. The molecule has 160 valence electrons. The lowest BCUT2D eigenvalue weighted by molar-refractivity contribution is -0.149. The van der Waals surface area contributed by atoms with Gasteiger partial charge in [0.15, 0.2) is 0 Å². The zero-order chi connectivity index (χ0) is 21.6.